The molecule has 0 bridgehead atoms. The molecule has 8 heteroatoms. The minimum absolute atomic E-state index is 0.146. The van der Waals surface area contributed by atoms with E-state index < -0.39 is 0 Å². The van der Waals surface area contributed by atoms with Gasteiger partial charge in [0.1, 0.15) is 5.52 Å². The van der Waals surface area contributed by atoms with E-state index in [1.54, 1.807) is 36.3 Å². The molecule has 0 unspecified atom stereocenters. The lowest BCUT2D eigenvalue weighted by Crippen LogP contribution is -2.35. The molecule has 4 rings (SSSR count). The average molecular weight is 375 g/mol. The number of halogens is 2. The first-order valence-corrected chi connectivity index (χ1v) is 8.19. The van der Waals surface area contributed by atoms with Crippen LogP contribution in [0.1, 0.15) is 5.56 Å². The molecule has 0 atom stereocenters. The van der Waals surface area contributed by atoms with Crippen molar-refractivity contribution >= 4 is 46.0 Å². The van der Waals surface area contributed by atoms with Crippen LogP contribution < -0.4 is 5.32 Å². The Kier molecular flexibility index (Phi) is 3.67. The number of phenolic OH excluding ortho intramolecular Hbond substituents is 1. The summed E-state index contributed by atoms with van der Waals surface area (Å²) in [5.41, 5.74) is 4.08. The van der Waals surface area contributed by atoms with Gasteiger partial charge in [-0.3, -0.25) is 4.98 Å². The second-order valence-corrected chi connectivity index (χ2v) is 6.61. The van der Waals surface area contributed by atoms with Crippen LogP contribution in [0, 0.1) is 0 Å². The Balaban J connectivity index is 1.91. The predicted octanol–water partition coefficient (Wildman–Crippen LogP) is 4.29. The third-order valence-corrected chi connectivity index (χ3v) is 4.67. The van der Waals surface area contributed by atoms with Gasteiger partial charge in [0.25, 0.3) is 0 Å². The van der Waals surface area contributed by atoms with Crippen LogP contribution in [0.25, 0.3) is 22.3 Å². The van der Waals surface area contributed by atoms with E-state index in [4.69, 9.17) is 23.2 Å². The molecule has 0 fully saturated rings. The SMILES string of the molecule is CN1Cc2cnc3ccc(-c4cc(Cl)c(O)c(Cl)c4)nc3c2NC1=O. The van der Waals surface area contributed by atoms with Gasteiger partial charge in [-0.05, 0) is 24.3 Å². The maximum Gasteiger partial charge on any atom is 0.321 e. The highest BCUT2D eigenvalue weighted by atomic mass is 35.5. The maximum absolute atomic E-state index is 12.0. The number of anilines is 1. The van der Waals surface area contributed by atoms with Crippen LogP contribution in [0.15, 0.2) is 30.5 Å². The average Bonchev–Trinajstić information content (AvgIpc) is 2.60. The van der Waals surface area contributed by atoms with Crippen LogP contribution >= 0.6 is 23.2 Å². The monoisotopic (exact) mass is 374 g/mol. The quantitative estimate of drug-likeness (QED) is 0.665. The molecular formula is C17H12Cl2N4O2. The molecule has 126 valence electrons. The number of nitrogens with zero attached hydrogens (tertiary/aromatic N) is 3. The zero-order valence-electron chi connectivity index (χ0n) is 13.0. The van der Waals surface area contributed by atoms with E-state index in [-0.39, 0.29) is 21.8 Å². The lowest BCUT2D eigenvalue weighted by Gasteiger charge is -2.26. The van der Waals surface area contributed by atoms with Crippen molar-refractivity contribution < 1.29 is 9.90 Å². The normalized spacial score (nSPS) is 13.7. The van der Waals surface area contributed by atoms with Gasteiger partial charge in [0.05, 0.1) is 33.5 Å². The highest BCUT2D eigenvalue weighted by Crippen LogP contribution is 2.37. The lowest BCUT2D eigenvalue weighted by molar-refractivity contribution is 0.218. The molecule has 1 aromatic carbocycles. The van der Waals surface area contributed by atoms with Gasteiger partial charge in [-0.1, -0.05) is 23.2 Å². The Morgan fingerprint density at radius 2 is 1.96 bits per heavy atom. The highest BCUT2D eigenvalue weighted by molar-refractivity contribution is 6.37. The van der Waals surface area contributed by atoms with Crippen LogP contribution in [0.3, 0.4) is 0 Å². The topological polar surface area (TPSA) is 78.3 Å². The molecule has 3 aromatic rings. The van der Waals surface area contributed by atoms with E-state index in [0.717, 1.165) is 5.56 Å². The number of urea groups is 1. The number of amides is 2. The summed E-state index contributed by atoms with van der Waals surface area (Å²) in [4.78, 5) is 22.6. The van der Waals surface area contributed by atoms with Crippen molar-refractivity contribution in [1.82, 2.24) is 14.9 Å². The molecule has 2 aromatic heterocycles. The number of nitrogens with one attached hydrogen (secondary N) is 1. The van der Waals surface area contributed by atoms with Crippen molar-refractivity contribution in [2.24, 2.45) is 0 Å². The smallest absolute Gasteiger partial charge is 0.321 e. The van der Waals surface area contributed by atoms with Gasteiger partial charge in [0.2, 0.25) is 0 Å². The van der Waals surface area contributed by atoms with E-state index >= 15 is 0 Å². The first-order valence-electron chi connectivity index (χ1n) is 7.43. The zero-order chi connectivity index (χ0) is 17.7. The molecule has 25 heavy (non-hydrogen) atoms. The van der Waals surface area contributed by atoms with E-state index in [1.165, 1.54) is 0 Å². The number of rotatable bonds is 1. The Bertz CT molecular complexity index is 1020. The van der Waals surface area contributed by atoms with Crippen LogP contribution in [0.4, 0.5) is 10.5 Å². The second-order valence-electron chi connectivity index (χ2n) is 5.80. The van der Waals surface area contributed by atoms with Gasteiger partial charge in [-0.2, -0.15) is 0 Å². The molecular weight excluding hydrogens is 363 g/mol. The van der Waals surface area contributed by atoms with Gasteiger partial charge in [-0.15, -0.1) is 0 Å². The van der Waals surface area contributed by atoms with Crippen molar-refractivity contribution in [3.05, 3.63) is 46.1 Å². The molecule has 1 aliphatic rings. The van der Waals surface area contributed by atoms with Gasteiger partial charge >= 0.3 is 6.03 Å². The summed E-state index contributed by atoms with van der Waals surface area (Å²) in [6.45, 7) is 0.465. The van der Waals surface area contributed by atoms with Gasteiger partial charge < -0.3 is 15.3 Å². The van der Waals surface area contributed by atoms with Crippen molar-refractivity contribution in [3.63, 3.8) is 0 Å². The summed E-state index contributed by atoms with van der Waals surface area (Å²) in [5, 5.41) is 12.9. The van der Waals surface area contributed by atoms with Crippen molar-refractivity contribution in [3.8, 4) is 17.0 Å². The fourth-order valence-corrected chi connectivity index (χ4v) is 3.25. The summed E-state index contributed by atoms with van der Waals surface area (Å²) >= 11 is 12.0. The highest BCUT2D eigenvalue weighted by Gasteiger charge is 2.22. The minimum Gasteiger partial charge on any atom is -0.505 e. The van der Waals surface area contributed by atoms with E-state index in [0.29, 0.717) is 34.5 Å². The molecule has 2 N–H and O–H groups in total. The minimum atomic E-state index is -0.192. The number of carbonyl (C=O) groups is 1. The first-order chi connectivity index (χ1) is 11.9. The Morgan fingerprint density at radius 1 is 1.24 bits per heavy atom. The number of aromatic hydroxyl groups is 1. The maximum atomic E-state index is 12.0. The second kappa shape index (κ2) is 5.75. The summed E-state index contributed by atoms with van der Waals surface area (Å²) < 4.78 is 0. The largest absolute Gasteiger partial charge is 0.505 e. The first kappa shape index (κ1) is 15.9. The standard InChI is InChI=1S/C17H12Cl2N4O2/c1-23-7-9-6-20-13-3-2-12(21-15(13)14(9)22-17(23)25)8-4-10(18)16(24)11(19)5-8/h2-6,24H,7H2,1H3,(H,22,25). The van der Waals surface area contributed by atoms with Gasteiger partial charge in [-0.25, -0.2) is 9.78 Å². The third-order valence-electron chi connectivity index (χ3n) is 4.09. The van der Waals surface area contributed by atoms with E-state index in [9.17, 15) is 9.90 Å². The van der Waals surface area contributed by atoms with Crippen molar-refractivity contribution in [2.45, 2.75) is 6.54 Å². The number of aromatic nitrogens is 2. The molecule has 0 saturated carbocycles. The number of pyridine rings is 2. The molecule has 0 radical (unpaired) electrons. The fraction of sp³-hybridized carbons (Fsp3) is 0.118. The number of hydrogen-bond acceptors (Lipinski definition) is 4. The predicted molar refractivity (Wildman–Crippen MR) is 97.1 cm³/mol. The Hall–Kier alpha value is -2.57. The summed E-state index contributed by atoms with van der Waals surface area (Å²) in [7, 11) is 1.72. The Morgan fingerprint density at radius 3 is 2.68 bits per heavy atom. The lowest BCUT2D eigenvalue weighted by atomic mass is 10.1. The summed E-state index contributed by atoms with van der Waals surface area (Å²) in [6.07, 6.45) is 1.74. The van der Waals surface area contributed by atoms with Crippen LogP contribution in [0.2, 0.25) is 10.0 Å². The zero-order valence-corrected chi connectivity index (χ0v) is 14.6. The number of carbonyl (C=O) groups excluding carboxylic acids is 1. The number of fused-ring (bicyclic) bond motifs is 3. The van der Waals surface area contributed by atoms with Crippen molar-refractivity contribution in [1.29, 1.82) is 0 Å². The molecule has 0 aliphatic carbocycles. The van der Waals surface area contributed by atoms with E-state index in [1.807, 2.05) is 6.07 Å². The van der Waals surface area contributed by atoms with Gasteiger partial charge in [0.15, 0.2) is 5.75 Å². The molecule has 0 saturated heterocycles. The molecule has 6 nitrogen and oxygen atoms in total. The van der Waals surface area contributed by atoms with Crippen LogP contribution in [-0.2, 0) is 6.54 Å². The third kappa shape index (κ3) is 2.63. The molecule has 1 aliphatic heterocycles. The van der Waals surface area contributed by atoms with Gasteiger partial charge in [0, 0.05) is 24.4 Å². The van der Waals surface area contributed by atoms with E-state index in [2.05, 4.69) is 15.3 Å². The van der Waals surface area contributed by atoms with Crippen LogP contribution in [0.5, 0.6) is 5.75 Å². The number of hydrogen-bond donors (Lipinski definition) is 2. The summed E-state index contributed by atoms with van der Waals surface area (Å²) in [5.74, 6) is -0.165. The molecule has 3 heterocycles. The molecule has 2 amide bonds. The molecule has 0 spiro atoms. The number of benzene rings is 1. The van der Waals surface area contributed by atoms with Crippen molar-refractivity contribution in [2.75, 3.05) is 12.4 Å². The van der Waals surface area contributed by atoms with Crippen LogP contribution in [-0.4, -0.2) is 33.1 Å². The Labute approximate surface area is 153 Å². The number of phenols is 1. The fourth-order valence-electron chi connectivity index (χ4n) is 2.77. The summed E-state index contributed by atoms with van der Waals surface area (Å²) in [6, 6.07) is 6.59.